The minimum atomic E-state index is -0.659. The van der Waals surface area contributed by atoms with Crippen LogP contribution in [-0.2, 0) is 11.3 Å². The van der Waals surface area contributed by atoms with Crippen molar-refractivity contribution in [3.8, 4) is 0 Å². The highest BCUT2D eigenvalue weighted by molar-refractivity contribution is 7.15. The van der Waals surface area contributed by atoms with Gasteiger partial charge in [0.1, 0.15) is 6.04 Å². The van der Waals surface area contributed by atoms with Crippen molar-refractivity contribution in [2.24, 2.45) is 0 Å². The minimum Gasteiger partial charge on any atom is -0.349 e. The molecule has 0 unspecified atom stereocenters. The summed E-state index contributed by atoms with van der Waals surface area (Å²) in [6.45, 7) is 1.99. The van der Waals surface area contributed by atoms with Crippen LogP contribution in [0.1, 0.15) is 18.7 Å². The number of amides is 1. The number of imidazole rings is 1. The number of aromatic nitrogens is 4. The van der Waals surface area contributed by atoms with Gasteiger partial charge in [-0.2, -0.15) is 0 Å². The van der Waals surface area contributed by atoms with Crippen LogP contribution in [0.4, 0.5) is 0 Å². The third kappa shape index (κ3) is 2.80. The monoisotopic (exact) mass is 353 g/mol. The van der Waals surface area contributed by atoms with Crippen molar-refractivity contribution in [2.45, 2.75) is 19.5 Å². The summed E-state index contributed by atoms with van der Waals surface area (Å²) in [5.74, 6) is -0.254. The summed E-state index contributed by atoms with van der Waals surface area (Å²) in [6.07, 6.45) is 5.21. The van der Waals surface area contributed by atoms with Gasteiger partial charge in [0.15, 0.2) is 4.96 Å². The average Bonchev–Trinajstić information content (AvgIpc) is 3.21. The fourth-order valence-electron chi connectivity index (χ4n) is 2.67. The molecule has 1 aromatic carbocycles. The number of hydrogen-bond donors (Lipinski definition) is 1. The Morgan fingerprint density at radius 2 is 2.20 bits per heavy atom. The molecule has 4 aromatic rings. The number of nitrogens with zero attached hydrogens (tertiary/aromatic N) is 4. The number of nitrogens with one attached hydrogen (secondary N) is 1. The van der Waals surface area contributed by atoms with Gasteiger partial charge in [0, 0.05) is 17.8 Å². The first-order valence-corrected chi connectivity index (χ1v) is 8.66. The van der Waals surface area contributed by atoms with E-state index >= 15 is 0 Å². The van der Waals surface area contributed by atoms with E-state index in [1.807, 2.05) is 28.2 Å². The van der Waals surface area contributed by atoms with Crippen LogP contribution in [0.25, 0.3) is 15.9 Å². The molecule has 1 atom stereocenters. The lowest BCUT2D eigenvalue weighted by Gasteiger charge is -2.14. The number of carbonyl (C=O) groups excluding carboxylic acids is 1. The normalized spacial score (nSPS) is 12.5. The van der Waals surface area contributed by atoms with Gasteiger partial charge in [-0.05, 0) is 19.1 Å². The summed E-state index contributed by atoms with van der Waals surface area (Å²) in [6, 6.07) is 6.43. The SMILES string of the molecule is C[C@@H](C(=O)NCc1cn2ccsc2n1)n1cnc2ccccc2c1=O. The lowest BCUT2D eigenvalue weighted by molar-refractivity contribution is -0.124. The Hall–Kier alpha value is -3.00. The van der Waals surface area contributed by atoms with E-state index < -0.39 is 6.04 Å². The summed E-state index contributed by atoms with van der Waals surface area (Å²) in [7, 11) is 0. The first-order valence-electron chi connectivity index (χ1n) is 7.78. The molecule has 126 valence electrons. The lowest BCUT2D eigenvalue weighted by atomic mass is 10.2. The van der Waals surface area contributed by atoms with Crippen LogP contribution >= 0.6 is 11.3 Å². The zero-order chi connectivity index (χ0) is 17.4. The molecule has 0 spiro atoms. The Balaban J connectivity index is 1.52. The van der Waals surface area contributed by atoms with Gasteiger partial charge in [-0.25, -0.2) is 9.97 Å². The number of hydrogen-bond acceptors (Lipinski definition) is 5. The predicted octanol–water partition coefficient (Wildman–Crippen LogP) is 1.98. The van der Waals surface area contributed by atoms with Gasteiger partial charge in [-0.15, -0.1) is 11.3 Å². The molecule has 4 rings (SSSR count). The Bertz CT molecular complexity index is 1100. The van der Waals surface area contributed by atoms with Gasteiger partial charge in [-0.3, -0.25) is 18.6 Å². The van der Waals surface area contributed by atoms with Crippen LogP contribution in [0.3, 0.4) is 0 Å². The molecule has 0 aliphatic rings. The standard InChI is InChI=1S/C17H15N5O2S/c1-11(22-10-19-14-5-3-2-4-13(14)16(22)24)15(23)18-8-12-9-21-6-7-25-17(21)20-12/h2-7,9-11H,8H2,1H3,(H,18,23)/t11-/m0/s1. The third-order valence-electron chi connectivity index (χ3n) is 4.07. The lowest BCUT2D eigenvalue weighted by Crippen LogP contribution is -2.35. The van der Waals surface area contributed by atoms with Crippen LogP contribution < -0.4 is 10.9 Å². The van der Waals surface area contributed by atoms with E-state index in [1.165, 1.54) is 22.2 Å². The van der Waals surface area contributed by atoms with Gasteiger partial charge in [0.2, 0.25) is 5.91 Å². The molecule has 0 fully saturated rings. The minimum absolute atomic E-state index is 0.226. The van der Waals surface area contributed by atoms with Crippen molar-refractivity contribution in [2.75, 3.05) is 0 Å². The van der Waals surface area contributed by atoms with E-state index in [0.29, 0.717) is 17.4 Å². The number of thiazole rings is 1. The molecule has 0 radical (unpaired) electrons. The topological polar surface area (TPSA) is 81.3 Å². The van der Waals surface area contributed by atoms with Crippen molar-refractivity contribution in [3.63, 3.8) is 0 Å². The second-order valence-corrected chi connectivity index (χ2v) is 6.57. The summed E-state index contributed by atoms with van der Waals surface area (Å²) in [4.78, 5) is 34.5. The highest BCUT2D eigenvalue weighted by atomic mass is 32.1. The van der Waals surface area contributed by atoms with Crippen LogP contribution in [0.2, 0.25) is 0 Å². The molecule has 1 amide bonds. The second-order valence-electron chi connectivity index (χ2n) is 5.69. The van der Waals surface area contributed by atoms with Crippen LogP contribution in [0, 0.1) is 0 Å². The molecule has 8 heteroatoms. The molecule has 0 aliphatic heterocycles. The largest absolute Gasteiger partial charge is 0.349 e. The van der Waals surface area contributed by atoms with Crippen molar-refractivity contribution >= 4 is 33.1 Å². The maximum absolute atomic E-state index is 12.6. The molecule has 0 bridgehead atoms. The fourth-order valence-corrected chi connectivity index (χ4v) is 3.39. The number of para-hydroxylation sites is 1. The van der Waals surface area contributed by atoms with Crippen molar-refractivity contribution in [1.82, 2.24) is 24.3 Å². The highest BCUT2D eigenvalue weighted by Gasteiger charge is 2.17. The number of benzene rings is 1. The van der Waals surface area contributed by atoms with E-state index in [-0.39, 0.29) is 11.5 Å². The first kappa shape index (κ1) is 15.5. The Morgan fingerprint density at radius 1 is 1.36 bits per heavy atom. The molecule has 7 nitrogen and oxygen atoms in total. The summed E-state index contributed by atoms with van der Waals surface area (Å²) >= 11 is 1.53. The second kappa shape index (κ2) is 6.14. The quantitative estimate of drug-likeness (QED) is 0.608. The number of carbonyl (C=O) groups is 1. The highest BCUT2D eigenvalue weighted by Crippen LogP contribution is 2.12. The zero-order valence-electron chi connectivity index (χ0n) is 13.4. The molecule has 25 heavy (non-hydrogen) atoms. The van der Waals surface area contributed by atoms with Crippen LogP contribution in [-0.4, -0.2) is 24.8 Å². The van der Waals surface area contributed by atoms with E-state index in [0.717, 1.165) is 10.7 Å². The summed E-state index contributed by atoms with van der Waals surface area (Å²) in [5, 5.41) is 5.27. The van der Waals surface area contributed by atoms with Crippen LogP contribution in [0.5, 0.6) is 0 Å². The van der Waals surface area contributed by atoms with Gasteiger partial charge in [0.05, 0.1) is 29.5 Å². The molecule has 0 saturated carbocycles. The predicted molar refractivity (Wildman–Crippen MR) is 95.6 cm³/mol. The molecular formula is C17H15N5O2S. The van der Waals surface area contributed by atoms with Gasteiger partial charge in [-0.1, -0.05) is 12.1 Å². The molecule has 3 heterocycles. The molecule has 0 aliphatic carbocycles. The van der Waals surface area contributed by atoms with Crippen molar-refractivity contribution in [1.29, 1.82) is 0 Å². The maximum Gasteiger partial charge on any atom is 0.261 e. The molecular weight excluding hydrogens is 338 g/mol. The van der Waals surface area contributed by atoms with Gasteiger partial charge in [0.25, 0.3) is 5.56 Å². The summed E-state index contributed by atoms with van der Waals surface area (Å²) < 4.78 is 3.26. The Kier molecular flexibility index (Phi) is 3.81. The first-order chi connectivity index (χ1) is 12.1. The van der Waals surface area contributed by atoms with Gasteiger partial charge >= 0.3 is 0 Å². The average molecular weight is 353 g/mol. The zero-order valence-corrected chi connectivity index (χ0v) is 14.2. The Labute approximate surface area is 146 Å². The van der Waals surface area contributed by atoms with E-state index in [9.17, 15) is 9.59 Å². The molecule has 1 N–H and O–H groups in total. The third-order valence-corrected chi connectivity index (χ3v) is 4.84. The van der Waals surface area contributed by atoms with Crippen LogP contribution in [0.15, 0.2) is 53.2 Å². The molecule has 3 aromatic heterocycles. The van der Waals surface area contributed by atoms with Crippen molar-refractivity contribution < 1.29 is 4.79 Å². The fraction of sp³-hybridized carbons (Fsp3) is 0.176. The smallest absolute Gasteiger partial charge is 0.261 e. The molecule has 0 saturated heterocycles. The summed E-state index contributed by atoms with van der Waals surface area (Å²) in [5.41, 5.74) is 1.17. The van der Waals surface area contributed by atoms with E-state index in [1.54, 1.807) is 25.1 Å². The number of fused-ring (bicyclic) bond motifs is 2. The van der Waals surface area contributed by atoms with Gasteiger partial charge < -0.3 is 5.32 Å². The number of rotatable bonds is 4. The van der Waals surface area contributed by atoms with E-state index in [4.69, 9.17) is 0 Å². The maximum atomic E-state index is 12.6. The van der Waals surface area contributed by atoms with Crippen molar-refractivity contribution in [3.05, 3.63) is 64.4 Å². The van der Waals surface area contributed by atoms with E-state index in [2.05, 4.69) is 15.3 Å². The Morgan fingerprint density at radius 3 is 3.04 bits per heavy atom.